The molecule has 0 saturated heterocycles. The molecule has 0 unspecified atom stereocenters. The molecule has 0 nitrogen and oxygen atoms in total. The topological polar surface area (TPSA) is 0 Å². The summed E-state index contributed by atoms with van der Waals surface area (Å²) in [6, 6.07) is 0. The van der Waals surface area contributed by atoms with Crippen LogP contribution in [0, 0.1) is 6.42 Å². The Hall–Kier alpha value is -2.21. The van der Waals surface area contributed by atoms with Crippen LogP contribution in [-0.2, 0) is 0 Å². The summed E-state index contributed by atoms with van der Waals surface area (Å²) in [5, 5.41) is 0. The summed E-state index contributed by atoms with van der Waals surface area (Å²) in [4.78, 5) is 0. The number of rotatable bonds is 8. The van der Waals surface area contributed by atoms with Crippen LogP contribution >= 0.6 is 0 Å². The van der Waals surface area contributed by atoms with Crippen LogP contribution in [0.5, 0.6) is 0 Å². The van der Waals surface area contributed by atoms with Crippen LogP contribution in [0.4, 0.5) is 0 Å². The second-order valence-corrected chi connectivity index (χ2v) is 3.26. The van der Waals surface area contributed by atoms with E-state index in [1.165, 1.54) is 0 Å². The fourth-order valence-electron chi connectivity index (χ4n) is 0.959. The number of allylic oxidation sites excluding steroid dienone is 15. The molecule has 0 fully saturated rings. The lowest BCUT2D eigenvalue weighted by molar-refractivity contribution is 1.71. The zero-order chi connectivity index (χ0) is 13.3. The predicted octanol–water partition coefficient (Wildman–Crippen LogP) is 5.29. The van der Waals surface area contributed by atoms with E-state index in [4.69, 9.17) is 0 Å². The Labute approximate surface area is 111 Å². The maximum atomic E-state index is 3.59. The van der Waals surface area contributed by atoms with Gasteiger partial charge < -0.3 is 0 Å². The van der Waals surface area contributed by atoms with Gasteiger partial charge in [-0.3, -0.25) is 0 Å². The van der Waals surface area contributed by atoms with Crippen molar-refractivity contribution in [3.8, 4) is 0 Å². The van der Waals surface area contributed by atoms with Gasteiger partial charge in [0, 0.05) is 0 Å². The summed E-state index contributed by atoms with van der Waals surface area (Å²) in [5.41, 5.74) is 0. The minimum atomic E-state index is 1.75. The molecule has 0 heterocycles. The van der Waals surface area contributed by atoms with Gasteiger partial charge in [-0.1, -0.05) is 61.3 Å². The lowest BCUT2D eigenvalue weighted by atomic mass is 10.3. The predicted molar refractivity (Wildman–Crippen MR) is 84.2 cm³/mol. The molecule has 18 heavy (non-hydrogen) atoms. The molecule has 0 rings (SSSR count). The van der Waals surface area contributed by atoms with Crippen molar-refractivity contribution in [2.75, 3.05) is 0 Å². The van der Waals surface area contributed by atoms with Crippen LogP contribution in [-0.4, -0.2) is 0 Å². The number of hydrogen-bond donors (Lipinski definition) is 0. The highest BCUT2D eigenvalue weighted by molar-refractivity contribution is 5.21. The fraction of sp³-hybridized carbons (Fsp3) is 0.0556. The molecule has 0 radical (unpaired) electrons. The molecule has 0 aromatic heterocycles. The van der Waals surface area contributed by atoms with Crippen molar-refractivity contribution in [3.05, 3.63) is 104 Å². The summed E-state index contributed by atoms with van der Waals surface area (Å²) >= 11 is 0. The van der Waals surface area contributed by atoms with Crippen molar-refractivity contribution in [1.82, 2.24) is 0 Å². The third-order valence-electron chi connectivity index (χ3n) is 1.77. The molecular weight excluding hydrogens is 216 g/mol. The zero-order valence-corrected chi connectivity index (χ0v) is 10.9. The highest BCUT2D eigenvalue weighted by atomic mass is 13.7. The summed E-state index contributed by atoms with van der Waals surface area (Å²) in [7, 11) is 0. The first-order valence-corrected chi connectivity index (χ1v) is 5.99. The van der Waals surface area contributed by atoms with Gasteiger partial charge in [-0.2, -0.15) is 30.7 Å². The molecular formula is C18H21-. The molecule has 0 aromatic carbocycles. The standard InChI is InChI=1S/C18H21/c1-3-5-7-9-11-13-15-17-18-16-14-12-10-8-6-4-2/h3-18H,1H2,2H3/q-1/b6-4?,7-5+,10-8?,11-9+,14-12?,15-13+,18-16?. The molecule has 94 valence electrons. The Morgan fingerprint density at radius 3 is 1.56 bits per heavy atom. The average molecular weight is 237 g/mol. The second-order valence-electron chi connectivity index (χ2n) is 3.26. The second kappa shape index (κ2) is 14.8. The summed E-state index contributed by atoms with van der Waals surface area (Å²) in [5.74, 6) is 0. The molecule has 0 bridgehead atoms. The van der Waals surface area contributed by atoms with Gasteiger partial charge in [0.1, 0.15) is 0 Å². The Balaban J connectivity index is 3.70. The van der Waals surface area contributed by atoms with Crippen molar-refractivity contribution < 1.29 is 0 Å². The van der Waals surface area contributed by atoms with E-state index in [2.05, 4.69) is 6.58 Å². The van der Waals surface area contributed by atoms with E-state index in [0.717, 1.165) is 0 Å². The SMILES string of the molecule is C=C/C=C/C=C/C=C/[CH-]C=CC=CC=CC=CC. The first-order chi connectivity index (χ1) is 8.91. The number of hydrogen-bond acceptors (Lipinski definition) is 0. The van der Waals surface area contributed by atoms with E-state index in [1.807, 2.05) is 98.4 Å². The monoisotopic (exact) mass is 237 g/mol. The summed E-state index contributed by atoms with van der Waals surface area (Å²) < 4.78 is 0. The molecule has 0 N–H and O–H groups in total. The third kappa shape index (κ3) is 13.8. The zero-order valence-electron chi connectivity index (χ0n) is 10.9. The summed E-state index contributed by atoms with van der Waals surface area (Å²) in [6.45, 7) is 5.59. The van der Waals surface area contributed by atoms with Gasteiger partial charge >= 0.3 is 0 Å². The molecule has 0 aliphatic heterocycles. The van der Waals surface area contributed by atoms with E-state index in [1.54, 1.807) is 6.08 Å². The molecule has 0 amide bonds. The van der Waals surface area contributed by atoms with Crippen LogP contribution in [0.1, 0.15) is 6.92 Å². The van der Waals surface area contributed by atoms with Gasteiger partial charge in [0.25, 0.3) is 0 Å². The van der Waals surface area contributed by atoms with E-state index in [9.17, 15) is 0 Å². The molecule has 0 saturated carbocycles. The lowest BCUT2D eigenvalue weighted by Gasteiger charge is -1.87. The first-order valence-electron chi connectivity index (χ1n) is 5.99. The fourth-order valence-corrected chi connectivity index (χ4v) is 0.959. The summed E-state index contributed by atoms with van der Waals surface area (Å²) in [6.07, 6.45) is 31.4. The quantitative estimate of drug-likeness (QED) is 0.397. The smallest absolute Gasteiger partial charge is 0.0467 e. The molecule has 0 aliphatic rings. The van der Waals surface area contributed by atoms with Crippen molar-refractivity contribution in [2.24, 2.45) is 0 Å². The highest BCUT2D eigenvalue weighted by Crippen LogP contribution is 1.88. The van der Waals surface area contributed by atoms with Gasteiger partial charge in [-0.15, -0.1) is 12.2 Å². The van der Waals surface area contributed by atoms with Crippen molar-refractivity contribution in [3.63, 3.8) is 0 Å². The molecule has 0 aliphatic carbocycles. The largest absolute Gasteiger partial charge is 0.172 e. The molecule has 0 heteroatoms. The van der Waals surface area contributed by atoms with Crippen LogP contribution < -0.4 is 0 Å². The maximum absolute atomic E-state index is 3.59. The Bertz CT molecular complexity index is 382. The lowest BCUT2D eigenvalue weighted by Crippen LogP contribution is -1.59. The Kier molecular flexibility index (Phi) is 13.0. The van der Waals surface area contributed by atoms with E-state index in [-0.39, 0.29) is 0 Å². The highest BCUT2D eigenvalue weighted by Gasteiger charge is 1.61. The maximum Gasteiger partial charge on any atom is -0.0467 e. The van der Waals surface area contributed by atoms with Gasteiger partial charge in [-0.05, 0) is 6.92 Å². The first kappa shape index (κ1) is 15.8. The minimum Gasteiger partial charge on any atom is -0.172 e. The van der Waals surface area contributed by atoms with E-state index in [0.29, 0.717) is 0 Å². The normalized spacial score (nSPS) is 13.6. The Morgan fingerprint density at radius 1 is 0.611 bits per heavy atom. The Morgan fingerprint density at radius 2 is 1.06 bits per heavy atom. The van der Waals surface area contributed by atoms with Crippen molar-refractivity contribution in [2.45, 2.75) is 6.92 Å². The van der Waals surface area contributed by atoms with Crippen molar-refractivity contribution >= 4 is 0 Å². The van der Waals surface area contributed by atoms with Gasteiger partial charge in [0.2, 0.25) is 0 Å². The van der Waals surface area contributed by atoms with Crippen LogP contribution in [0.3, 0.4) is 0 Å². The third-order valence-corrected chi connectivity index (χ3v) is 1.77. The van der Waals surface area contributed by atoms with Crippen LogP contribution in [0.15, 0.2) is 97.7 Å². The van der Waals surface area contributed by atoms with Gasteiger partial charge in [-0.25, -0.2) is 0 Å². The van der Waals surface area contributed by atoms with Crippen molar-refractivity contribution in [1.29, 1.82) is 0 Å². The average Bonchev–Trinajstić information content (AvgIpc) is 2.39. The van der Waals surface area contributed by atoms with E-state index >= 15 is 0 Å². The van der Waals surface area contributed by atoms with Crippen LogP contribution in [0.2, 0.25) is 0 Å². The van der Waals surface area contributed by atoms with Gasteiger partial charge in [0.15, 0.2) is 0 Å². The minimum absolute atomic E-state index is 1.75. The van der Waals surface area contributed by atoms with E-state index < -0.39 is 0 Å². The molecule has 0 aromatic rings. The molecule has 0 spiro atoms. The van der Waals surface area contributed by atoms with Crippen LogP contribution in [0.25, 0.3) is 0 Å². The van der Waals surface area contributed by atoms with Gasteiger partial charge in [0.05, 0.1) is 0 Å². The molecule has 0 atom stereocenters.